The van der Waals surface area contributed by atoms with E-state index in [1.54, 1.807) is 17.1 Å². The first-order valence-corrected chi connectivity index (χ1v) is 9.50. The number of morpholine rings is 1. The number of benzene rings is 1. The summed E-state index contributed by atoms with van der Waals surface area (Å²) < 4.78 is 9.41. The second-order valence-corrected chi connectivity index (χ2v) is 7.22. The fourth-order valence-electron chi connectivity index (χ4n) is 3.89. The quantitative estimate of drug-likeness (QED) is 0.699. The molecule has 1 aliphatic rings. The van der Waals surface area contributed by atoms with Crippen LogP contribution in [0.3, 0.4) is 0 Å². The second kappa shape index (κ2) is 7.59. The Kier molecular flexibility index (Phi) is 5.00. The van der Waals surface area contributed by atoms with Gasteiger partial charge in [0.2, 0.25) is 0 Å². The summed E-state index contributed by atoms with van der Waals surface area (Å²) in [6.07, 6.45) is 3.38. The van der Waals surface area contributed by atoms with Crippen molar-refractivity contribution in [3.8, 4) is 0 Å². The summed E-state index contributed by atoms with van der Waals surface area (Å²) in [6, 6.07) is 10.1. The van der Waals surface area contributed by atoms with Crippen LogP contribution in [0.2, 0.25) is 0 Å². The maximum absolute atomic E-state index is 13.1. The van der Waals surface area contributed by atoms with E-state index in [2.05, 4.69) is 24.2 Å². The molecule has 0 aliphatic carbocycles. The van der Waals surface area contributed by atoms with Crippen LogP contribution in [0.4, 0.5) is 0 Å². The minimum Gasteiger partial charge on any atom is -0.377 e. The number of ether oxygens (including phenoxy) is 1. The largest absolute Gasteiger partial charge is 0.377 e. The first kappa shape index (κ1) is 18.4. The lowest BCUT2D eigenvalue weighted by Gasteiger charge is -2.35. The Hall–Kier alpha value is -2.93. The van der Waals surface area contributed by atoms with Crippen LogP contribution in [0.25, 0.3) is 0 Å². The molecule has 1 aliphatic heterocycles. The highest BCUT2D eigenvalue weighted by molar-refractivity contribution is 5.94. The van der Waals surface area contributed by atoms with Crippen LogP contribution in [-0.4, -0.2) is 50.1 Å². The van der Waals surface area contributed by atoms with Crippen LogP contribution in [-0.2, 0) is 18.3 Å². The number of carbonyl (C=O) groups excluding carboxylic acids is 1. The molecule has 1 fully saturated rings. The maximum atomic E-state index is 13.1. The lowest BCUT2D eigenvalue weighted by molar-refractivity contribution is -0.00305. The van der Waals surface area contributed by atoms with Gasteiger partial charge in [-0.15, -0.1) is 0 Å². The Bertz CT molecular complexity index is 976. The van der Waals surface area contributed by atoms with Gasteiger partial charge < -0.3 is 9.64 Å². The summed E-state index contributed by atoms with van der Waals surface area (Å²) in [4.78, 5) is 15.0. The van der Waals surface area contributed by atoms with Gasteiger partial charge in [0, 0.05) is 31.0 Å². The van der Waals surface area contributed by atoms with E-state index in [9.17, 15) is 4.79 Å². The number of nitrogens with zero attached hydrogens (tertiary/aromatic N) is 5. The van der Waals surface area contributed by atoms with Crippen LogP contribution < -0.4 is 0 Å². The van der Waals surface area contributed by atoms with Gasteiger partial charge in [0.05, 0.1) is 43.3 Å². The van der Waals surface area contributed by atoms with E-state index in [0.717, 1.165) is 17.0 Å². The fourth-order valence-corrected chi connectivity index (χ4v) is 3.89. The van der Waals surface area contributed by atoms with Crippen LogP contribution in [0, 0.1) is 13.8 Å². The summed E-state index contributed by atoms with van der Waals surface area (Å²) in [6.45, 7) is 6.35. The van der Waals surface area contributed by atoms with E-state index in [-0.39, 0.29) is 11.9 Å². The molecule has 1 atom stereocenters. The number of amides is 1. The Balaban J connectivity index is 1.65. The van der Waals surface area contributed by atoms with Gasteiger partial charge in [-0.2, -0.15) is 10.2 Å². The summed E-state index contributed by atoms with van der Waals surface area (Å²) >= 11 is 0. The summed E-state index contributed by atoms with van der Waals surface area (Å²) in [5.41, 5.74) is 4.88. The van der Waals surface area contributed by atoms with Crippen molar-refractivity contribution in [3.05, 3.63) is 70.8 Å². The van der Waals surface area contributed by atoms with E-state index >= 15 is 0 Å². The van der Waals surface area contributed by atoms with Gasteiger partial charge in [0.25, 0.3) is 5.91 Å². The van der Waals surface area contributed by atoms with Crippen LogP contribution >= 0.6 is 0 Å². The average Bonchev–Trinajstić information content (AvgIpc) is 3.25. The van der Waals surface area contributed by atoms with Gasteiger partial charge in [-0.1, -0.05) is 30.3 Å². The fraction of sp³-hybridized carbons (Fsp3) is 0.381. The molecule has 0 N–H and O–H groups in total. The standard InChI is InChI=1S/C21H25N5O2/c1-15-20(16(2)26(23-15)12-17-7-5-4-6-8-17)19-14-28-10-9-25(19)21(27)18-11-22-24(3)13-18/h4-8,11,13,19H,9-10,12,14H2,1-3H3. The molecule has 0 radical (unpaired) electrons. The lowest BCUT2D eigenvalue weighted by atomic mass is 10.0. The van der Waals surface area contributed by atoms with Crippen molar-refractivity contribution in [1.29, 1.82) is 0 Å². The van der Waals surface area contributed by atoms with Crippen LogP contribution in [0.15, 0.2) is 42.7 Å². The molecule has 0 bridgehead atoms. The summed E-state index contributed by atoms with van der Waals surface area (Å²) in [7, 11) is 1.81. The first-order valence-electron chi connectivity index (χ1n) is 9.50. The number of carbonyl (C=O) groups is 1. The third-order valence-corrected chi connectivity index (χ3v) is 5.29. The highest BCUT2D eigenvalue weighted by atomic mass is 16.5. The van der Waals surface area contributed by atoms with Crippen molar-refractivity contribution in [1.82, 2.24) is 24.5 Å². The molecule has 1 amide bonds. The molecule has 28 heavy (non-hydrogen) atoms. The van der Waals surface area contributed by atoms with Gasteiger partial charge in [0.15, 0.2) is 0 Å². The molecule has 3 aromatic rings. The molecule has 4 rings (SSSR count). The number of aromatic nitrogens is 4. The van der Waals surface area contributed by atoms with E-state index < -0.39 is 0 Å². The van der Waals surface area contributed by atoms with Crippen molar-refractivity contribution >= 4 is 5.91 Å². The molecule has 1 aromatic carbocycles. The third kappa shape index (κ3) is 3.45. The number of aryl methyl sites for hydroxylation is 2. The molecule has 146 valence electrons. The number of hydrogen-bond acceptors (Lipinski definition) is 4. The molecule has 0 saturated carbocycles. The molecule has 1 unspecified atom stereocenters. The van der Waals surface area contributed by atoms with E-state index in [0.29, 0.717) is 31.9 Å². The van der Waals surface area contributed by atoms with Gasteiger partial charge in [-0.3, -0.25) is 14.2 Å². The minimum atomic E-state index is -0.147. The Morgan fingerprint density at radius 3 is 2.75 bits per heavy atom. The summed E-state index contributed by atoms with van der Waals surface area (Å²) in [5, 5.41) is 8.90. The highest BCUT2D eigenvalue weighted by Crippen LogP contribution is 2.31. The van der Waals surface area contributed by atoms with Crippen molar-refractivity contribution in [2.75, 3.05) is 19.8 Å². The maximum Gasteiger partial charge on any atom is 0.257 e. The zero-order valence-corrected chi connectivity index (χ0v) is 16.5. The van der Waals surface area contributed by atoms with Gasteiger partial charge >= 0.3 is 0 Å². The minimum absolute atomic E-state index is 0.0176. The topological polar surface area (TPSA) is 65.2 Å². The van der Waals surface area contributed by atoms with Gasteiger partial charge in [-0.25, -0.2) is 0 Å². The number of rotatable bonds is 4. The molecule has 2 aromatic heterocycles. The molecule has 0 spiro atoms. The molecular formula is C21H25N5O2. The Labute approximate surface area is 164 Å². The third-order valence-electron chi connectivity index (χ3n) is 5.29. The van der Waals surface area contributed by atoms with Crippen LogP contribution in [0.1, 0.15) is 38.9 Å². The van der Waals surface area contributed by atoms with Crippen molar-refractivity contribution < 1.29 is 9.53 Å². The van der Waals surface area contributed by atoms with Crippen molar-refractivity contribution in [3.63, 3.8) is 0 Å². The van der Waals surface area contributed by atoms with Gasteiger partial charge in [0.1, 0.15) is 0 Å². The average molecular weight is 379 g/mol. The Morgan fingerprint density at radius 2 is 2.04 bits per heavy atom. The van der Waals surface area contributed by atoms with Gasteiger partial charge in [-0.05, 0) is 19.4 Å². The number of hydrogen-bond donors (Lipinski definition) is 0. The first-order chi connectivity index (χ1) is 13.5. The normalized spacial score (nSPS) is 17.1. The zero-order valence-electron chi connectivity index (χ0n) is 16.5. The summed E-state index contributed by atoms with van der Waals surface area (Å²) in [5.74, 6) is -0.0176. The monoisotopic (exact) mass is 379 g/mol. The van der Waals surface area contributed by atoms with Crippen LogP contribution in [0.5, 0.6) is 0 Å². The van der Waals surface area contributed by atoms with Crippen molar-refractivity contribution in [2.24, 2.45) is 7.05 Å². The molecule has 1 saturated heterocycles. The lowest BCUT2D eigenvalue weighted by Crippen LogP contribution is -2.43. The van der Waals surface area contributed by atoms with Crippen molar-refractivity contribution in [2.45, 2.75) is 26.4 Å². The van der Waals surface area contributed by atoms with E-state index in [4.69, 9.17) is 9.84 Å². The molecule has 3 heterocycles. The zero-order chi connectivity index (χ0) is 19.7. The van der Waals surface area contributed by atoms with E-state index in [1.165, 1.54) is 5.56 Å². The smallest absolute Gasteiger partial charge is 0.257 e. The molecular weight excluding hydrogens is 354 g/mol. The van der Waals surface area contributed by atoms with E-state index in [1.807, 2.05) is 41.8 Å². The highest BCUT2D eigenvalue weighted by Gasteiger charge is 2.33. The molecule has 7 heteroatoms. The second-order valence-electron chi connectivity index (χ2n) is 7.22. The SMILES string of the molecule is Cc1nn(Cc2ccccc2)c(C)c1C1COCCN1C(=O)c1cnn(C)c1. The Morgan fingerprint density at radius 1 is 1.25 bits per heavy atom. The molecule has 7 nitrogen and oxygen atoms in total. The predicted octanol–water partition coefficient (Wildman–Crippen LogP) is 2.50. The predicted molar refractivity (Wildman–Crippen MR) is 105 cm³/mol.